The van der Waals surface area contributed by atoms with Gasteiger partial charge in [0.2, 0.25) is 47.3 Å². The lowest BCUT2D eigenvalue weighted by Gasteiger charge is -2.30. The fourth-order valence-corrected chi connectivity index (χ4v) is 8.55. The number of unbranched alkanes of at least 4 members (excludes halogenated alkanes) is 6. The third-order valence-corrected chi connectivity index (χ3v) is 12.9. The molecule has 0 aromatic heterocycles. The molecule has 1 aliphatic rings. The van der Waals surface area contributed by atoms with Gasteiger partial charge in [-0.05, 0) is 74.0 Å². The van der Waals surface area contributed by atoms with Crippen LogP contribution in [0.15, 0.2) is 0 Å². The lowest BCUT2D eigenvalue weighted by Crippen LogP contribution is -2.61. The molecule has 1 saturated heterocycles. The van der Waals surface area contributed by atoms with Crippen LogP contribution in [0.5, 0.6) is 0 Å². The van der Waals surface area contributed by atoms with Crippen molar-refractivity contribution < 1.29 is 57.8 Å². The molecule has 0 spiro atoms. The average Bonchev–Trinajstić information content (AvgIpc) is 3.27. The van der Waals surface area contributed by atoms with Crippen LogP contribution in [-0.4, -0.2) is 113 Å². The highest BCUT2D eigenvalue weighted by molar-refractivity contribution is 5.98. The highest BCUT2D eigenvalue weighted by Gasteiger charge is 2.38. The largest absolute Gasteiger partial charge is 0.481 e. The van der Waals surface area contributed by atoms with Crippen LogP contribution in [0.3, 0.4) is 0 Å². The number of hydrogen-bond acceptors (Lipinski definition) is 11. The second-order valence-corrected chi connectivity index (χ2v) is 22.2. The van der Waals surface area contributed by atoms with Crippen LogP contribution in [0.4, 0.5) is 0 Å². The zero-order chi connectivity index (χ0) is 55.5. The monoisotopic (exact) mass is 1030 g/mol. The topological polar surface area (TPSA) is 310 Å². The van der Waals surface area contributed by atoms with Crippen LogP contribution in [0, 0.1) is 35.5 Å². The molecule has 5 unspecified atom stereocenters. The molecule has 9 atom stereocenters. The van der Waals surface area contributed by atoms with Crippen molar-refractivity contribution in [3.05, 3.63) is 0 Å². The number of nitrogens with two attached hydrogens (primary N) is 1. The minimum Gasteiger partial charge on any atom is -0.481 e. The normalized spacial score (nSPS) is 24.4. The van der Waals surface area contributed by atoms with Gasteiger partial charge in [0.15, 0.2) is 0 Å². The number of nitrogens with one attached hydrogen (secondary N) is 7. The van der Waals surface area contributed by atoms with E-state index in [1.54, 1.807) is 34.6 Å². The number of carbonyl (C=O) groups excluding carboxylic acids is 9. The molecule has 20 heteroatoms. The van der Waals surface area contributed by atoms with Gasteiger partial charge >= 0.3 is 11.9 Å². The number of amides is 8. The molecule has 0 aromatic rings. The van der Waals surface area contributed by atoms with Crippen molar-refractivity contribution in [2.24, 2.45) is 41.2 Å². The summed E-state index contributed by atoms with van der Waals surface area (Å²) in [5.74, 6) is -9.76. The SMILES string of the molecule is CC[C@H](C)[C@@H]1NC(=O)C(CC(C)C)NC(=O)[C@H](CC(=O)O)NC(=O)C(C(C)C)NC(=O)C(CC(C)C)NC(=O)[C@@H](CC(C)C)NC(=O)C(CCC(N)=O)NC(=O)CC(CCCCCCCCCC(C)C)OC1=O. The molecular weight excluding hydrogens is 941 g/mol. The van der Waals surface area contributed by atoms with Crippen LogP contribution >= 0.6 is 0 Å². The van der Waals surface area contributed by atoms with Gasteiger partial charge < -0.3 is 52.8 Å². The van der Waals surface area contributed by atoms with Crippen molar-refractivity contribution in [1.29, 1.82) is 0 Å². The number of primary amides is 1. The van der Waals surface area contributed by atoms with E-state index in [1.807, 2.05) is 34.6 Å². The first-order chi connectivity index (χ1) is 34.1. The summed E-state index contributed by atoms with van der Waals surface area (Å²) < 4.78 is 6.08. The molecule has 0 aliphatic carbocycles. The molecule has 73 heavy (non-hydrogen) atoms. The molecule has 1 heterocycles. The van der Waals surface area contributed by atoms with Crippen LogP contribution in [0.2, 0.25) is 0 Å². The molecular formula is C53H94N8O12. The van der Waals surface area contributed by atoms with Crippen molar-refractivity contribution in [2.45, 2.75) is 241 Å². The maximum atomic E-state index is 14.3. The van der Waals surface area contributed by atoms with Gasteiger partial charge in [0.1, 0.15) is 48.4 Å². The first-order valence-corrected chi connectivity index (χ1v) is 27.0. The summed E-state index contributed by atoms with van der Waals surface area (Å²) in [6.45, 7) is 22.0. The lowest BCUT2D eigenvalue weighted by atomic mass is 9.97. The molecule has 418 valence electrons. The Labute approximate surface area is 434 Å². The van der Waals surface area contributed by atoms with E-state index in [0.29, 0.717) is 18.8 Å². The molecule has 10 N–H and O–H groups in total. The summed E-state index contributed by atoms with van der Waals surface area (Å²) in [6.07, 6.45) is 5.88. The zero-order valence-electron chi connectivity index (χ0n) is 46.1. The minimum atomic E-state index is -1.72. The summed E-state index contributed by atoms with van der Waals surface area (Å²) in [6, 6.07) is -9.49. The Hall–Kier alpha value is -5.30. The van der Waals surface area contributed by atoms with Crippen LogP contribution in [-0.2, 0) is 52.7 Å². The van der Waals surface area contributed by atoms with Crippen molar-refractivity contribution in [3.63, 3.8) is 0 Å². The Morgan fingerprint density at radius 2 is 0.959 bits per heavy atom. The average molecular weight is 1040 g/mol. The van der Waals surface area contributed by atoms with Gasteiger partial charge in [0, 0.05) is 6.42 Å². The number of cyclic esters (lactones) is 1. The molecule has 0 aromatic carbocycles. The quantitative estimate of drug-likeness (QED) is 0.0479. The van der Waals surface area contributed by atoms with Crippen molar-refractivity contribution in [3.8, 4) is 0 Å². The summed E-state index contributed by atoms with van der Waals surface area (Å²) in [4.78, 5) is 137. The van der Waals surface area contributed by atoms with Gasteiger partial charge in [-0.15, -0.1) is 0 Å². The number of esters is 1. The molecule has 1 aliphatic heterocycles. The van der Waals surface area contributed by atoms with Gasteiger partial charge in [0.05, 0.1) is 12.8 Å². The van der Waals surface area contributed by atoms with Gasteiger partial charge in [-0.1, -0.05) is 134 Å². The summed E-state index contributed by atoms with van der Waals surface area (Å²) >= 11 is 0. The van der Waals surface area contributed by atoms with E-state index in [0.717, 1.165) is 38.5 Å². The van der Waals surface area contributed by atoms with Gasteiger partial charge in [-0.2, -0.15) is 0 Å². The predicted molar refractivity (Wildman–Crippen MR) is 278 cm³/mol. The molecule has 0 bridgehead atoms. The number of aliphatic carboxylic acids is 1. The number of carboxylic acids is 1. The molecule has 0 radical (unpaired) electrons. The van der Waals surface area contributed by atoms with E-state index in [2.05, 4.69) is 51.1 Å². The maximum Gasteiger partial charge on any atom is 0.329 e. The van der Waals surface area contributed by atoms with E-state index in [1.165, 1.54) is 6.42 Å². The van der Waals surface area contributed by atoms with Gasteiger partial charge in [-0.3, -0.25) is 43.2 Å². The fourth-order valence-electron chi connectivity index (χ4n) is 8.55. The van der Waals surface area contributed by atoms with Crippen LogP contribution in [0.25, 0.3) is 0 Å². The fraction of sp³-hybridized carbons (Fsp3) is 0.811. The molecule has 0 saturated carbocycles. The molecule has 8 amide bonds. The first-order valence-electron chi connectivity index (χ1n) is 27.0. The highest BCUT2D eigenvalue weighted by Crippen LogP contribution is 2.20. The number of carboxylic acid groups (broad SMARTS) is 1. The van der Waals surface area contributed by atoms with E-state index in [9.17, 15) is 53.1 Å². The van der Waals surface area contributed by atoms with Gasteiger partial charge in [0.25, 0.3) is 0 Å². The summed E-state index contributed by atoms with van der Waals surface area (Å²) in [7, 11) is 0. The Bertz CT molecular complexity index is 1810. The Morgan fingerprint density at radius 1 is 0.534 bits per heavy atom. The number of carbonyl (C=O) groups is 10. The van der Waals surface area contributed by atoms with Crippen molar-refractivity contribution >= 4 is 59.2 Å². The van der Waals surface area contributed by atoms with Gasteiger partial charge in [-0.25, -0.2) is 4.79 Å². The van der Waals surface area contributed by atoms with E-state index in [-0.39, 0.29) is 56.3 Å². The first kappa shape index (κ1) is 65.7. The zero-order valence-corrected chi connectivity index (χ0v) is 46.1. The summed E-state index contributed by atoms with van der Waals surface area (Å²) in [5, 5.41) is 28.5. The Kier molecular flexibility index (Phi) is 30.8. The lowest BCUT2D eigenvalue weighted by molar-refractivity contribution is -0.156. The predicted octanol–water partition coefficient (Wildman–Crippen LogP) is 4.44. The van der Waals surface area contributed by atoms with Crippen molar-refractivity contribution in [2.75, 3.05) is 0 Å². The smallest absolute Gasteiger partial charge is 0.329 e. The minimum absolute atomic E-state index is 0.0459. The second-order valence-electron chi connectivity index (χ2n) is 22.2. The van der Waals surface area contributed by atoms with Crippen molar-refractivity contribution in [1.82, 2.24) is 37.2 Å². The maximum absolute atomic E-state index is 14.3. The van der Waals surface area contributed by atoms with E-state index in [4.69, 9.17) is 10.5 Å². The number of hydrogen-bond donors (Lipinski definition) is 9. The third kappa shape index (κ3) is 27.0. The highest BCUT2D eigenvalue weighted by atomic mass is 16.5. The number of ether oxygens (including phenoxy) is 1. The summed E-state index contributed by atoms with van der Waals surface area (Å²) in [5.41, 5.74) is 5.49. The number of rotatable bonds is 24. The Balaban J connectivity index is 3.96. The molecule has 1 fully saturated rings. The molecule has 1 rings (SSSR count). The van der Waals surface area contributed by atoms with E-state index < -0.39 is 132 Å². The molecule has 20 nitrogen and oxygen atoms in total. The second kappa shape index (κ2) is 34.2. The third-order valence-electron chi connectivity index (χ3n) is 12.9. The standard InChI is InChI=1S/C53H94N8O12/c1-13-35(12)46-53(72)73-36(22-20-18-16-14-15-17-19-21-30(2)3)28-43(63)55-37(23-24-42(54)62)47(66)56-38(25-31(4)5)48(67)57-39(26-32(6)7)50(69)60-45(34(10)11)52(71)59-41(29-44(64)65)49(68)58-40(27-33(8)9)51(70)61-46/h30-41,45-46H,13-29H2,1-12H3,(H2,54,62)(H,55,63)(H,56,66)(H,57,67)(H,58,68)(H,59,71)(H,60,69)(H,61,70)(H,64,65)/t35-,36?,37?,38+,39?,40?,41-,45?,46-/m0/s1. The Morgan fingerprint density at radius 3 is 1.40 bits per heavy atom. The van der Waals surface area contributed by atoms with E-state index >= 15 is 0 Å². The van der Waals surface area contributed by atoms with Crippen LogP contribution in [0.1, 0.15) is 192 Å². The van der Waals surface area contributed by atoms with Crippen LogP contribution < -0.4 is 43.0 Å².